The van der Waals surface area contributed by atoms with E-state index in [2.05, 4.69) is 25.0 Å². The molecule has 1 saturated heterocycles. The van der Waals surface area contributed by atoms with Crippen molar-refractivity contribution < 1.29 is 4.79 Å². The van der Waals surface area contributed by atoms with Crippen molar-refractivity contribution in [3.05, 3.63) is 60.6 Å². The van der Waals surface area contributed by atoms with Gasteiger partial charge in [0.05, 0.1) is 18.1 Å². The number of rotatable bonds is 6. The third-order valence-corrected chi connectivity index (χ3v) is 5.08. The molecule has 0 radical (unpaired) electrons. The molecular weight excluding hydrogens is 354 g/mol. The highest BCUT2D eigenvalue weighted by atomic mass is 16.2. The molecule has 1 N–H and O–H groups in total. The third kappa shape index (κ3) is 4.39. The van der Waals surface area contributed by atoms with Gasteiger partial charge in [0.2, 0.25) is 0 Å². The Balaban J connectivity index is 1.33. The van der Waals surface area contributed by atoms with Gasteiger partial charge in [0.1, 0.15) is 5.82 Å². The Morgan fingerprint density at radius 1 is 1.32 bits per heavy atom. The van der Waals surface area contributed by atoms with Crippen LogP contribution in [0.15, 0.2) is 49.4 Å². The lowest BCUT2D eigenvalue weighted by molar-refractivity contribution is 0.0662. The van der Waals surface area contributed by atoms with Crippen LogP contribution in [0.1, 0.15) is 28.8 Å². The molecule has 8 nitrogen and oxygen atoms in total. The normalized spacial score (nSPS) is 16.9. The standard InChI is InChI=1S/C20H25N7O/c1-25-12-17(10-24-25)9-22-19-5-4-18(11-23-19)20(28)27-7-2-3-16(14-27)13-26-8-6-21-15-26/h4-6,8,10-12,15-16H,2-3,7,9,13-14H2,1H3,(H,22,23). The Morgan fingerprint density at radius 3 is 2.96 bits per heavy atom. The first-order valence-electron chi connectivity index (χ1n) is 9.60. The molecule has 1 atom stereocenters. The zero-order valence-electron chi connectivity index (χ0n) is 16.0. The van der Waals surface area contributed by atoms with E-state index in [9.17, 15) is 4.79 Å². The minimum Gasteiger partial charge on any atom is -0.366 e. The Kier molecular flexibility index (Phi) is 5.36. The highest BCUT2D eigenvalue weighted by Crippen LogP contribution is 2.20. The van der Waals surface area contributed by atoms with Crippen molar-refractivity contribution in [3.63, 3.8) is 0 Å². The zero-order chi connectivity index (χ0) is 19.3. The Bertz CT molecular complexity index is 901. The van der Waals surface area contributed by atoms with Crippen molar-refractivity contribution in [3.8, 4) is 0 Å². The van der Waals surface area contributed by atoms with Crippen LogP contribution in [0.25, 0.3) is 0 Å². The number of imidazole rings is 1. The van der Waals surface area contributed by atoms with Crippen LogP contribution < -0.4 is 5.32 Å². The molecule has 0 spiro atoms. The summed E-state index contributed by atoms with van der Waals surface area (Å²) < 4.78 is 3.85. The Labute approximate surface area is 164 Å². The number of nitrogens with one attached hydrogen (secondary N) is 1. The summed E-state index contributed by atoms with van der Waals surface area (Å²) in [6, 6.07) is 3.71. The number of nitrogens with zero attached hydrogens (tertiary/aromatic N) is 6. The van der Waals surface area contributed by atoms with E-state index in [0.29, 0.717) is 18.0 Å². The maximum absolute atomic E-state index is 12.9. The molecule has 1 aliphatic rings. The van der Waals surface area contributed by atoms with Crippen LogP contribution in [0.5, 0.6) is 0 Å². The fourth-order valence-electron chi connectivity index (χ4n) is 3.65. The van der Waals surface area contributed by atoms with E-state index in [-0.39, 0.29) is 5.91 Å². The predicted octanol–water partition coefficient (Wildman–Crippen LogP) is 2.18. The number of hydrogen-bond acceptors (Lipinski definition) is 5. The van der Waals surface area contributed by atoms with Gasteiger partial charge in [0.15, 0.2) is 0 Å². The summed E-state index contributed by atoms with van der Waals surface area (Å²) >= 11 is 0. The number of anilines is 1. The van der Waals surface area contributed by atoms with E-state index < -0.39 is 0 Å². The molecule has 0 saturated carbocycles. The molecule has 28 heavy (non-hydrogen) atoms. The first-order chi connectivity index (χ1) is 13.7. The number of aromatic nitrogens is 5. The monoisotopic (exact) mass is 379 g/mol. The van der Waals surface area contributed by atoms with Crippen molar-refractivity contribution in [1.82, 2.24) is 29.2 Å². The predicted molar refractivity (Wildman–Crippen MR) is 106 cm³/mol. The molecular formula is C20H25N7O. The highest BCUT2D eigenvalue weighted by Gasteiger charge is 2.24. The van der Waals surface area contributed by atoms with Crippen LogP contribution in [-0.2, 0) is 20.1 Å². The van der Waals surface area contributed by atoms with Crippen molar-refractivity contribution in [1.29, 1.82) is 0 Å². The van der Waals surface area contributed by atoms with Crippen molar-refractivity contribution in [2.24, 2.45) is 13.0 Å². The topological polar surface area (TPSA) is 80.9 Å². The molecule has 8 heteroatoms. The average molecular weight is 379 g/mol. The molecule has 146 valence electrons. The highest BCUT2D eigenvalue weighted by molar-refractivity contribution is 5.94. The molecule has 3 aromatic rings. The van der Waals surface area contributed by atoms with Gasteiger partial charge >= 0.3 is 0 Å². The summed E-state index contributed by atoms with van der Waals surface area (Å²) in [7, 11) is 1.89. The second-order valence-corrected chi connectivity index (χ2v) is 7.33. The number of carbonyl (C=O) groups is 1. The van der Waals surface area contributed by atoms with Crippen LogP contribution in [0.3, 0.4) is 0 Å². The van der Waals surface area contributed by atoms with Crippen molar-refractivity contribution >= 4 is 11.7 Å². The summed E-state index contributed by atoms with van der Waals surface area (Å²) in [5, 5.41) is 7.40. The van der Waals surface area contributed by atoms with Gasteiger partial charge in [0, 0.05) is 63.6 Å². The number of hydrogen-bond donors (Lipinski definition) is 1. The van der Waals surface area contributed by atoms with Gasteiger partial charge in [-0.1, -0.05) is 0 Å². The lowest BCUT2D eigenvalue weighted by Gasteiger charge is -2.33. The van der Waals surface area contributed by atoms with Gasteiger partial charge in [-0.2, -0.15) is 5.10 Å². The smallest absolute Gasteiger partial charge is 0.255 e. The van der Waals surface area contributed by atoms with Crippen LogP contribution in [0.2, 0.25) is 0 Å². The summed E-state index contributed by atoms with van der Waals surface area (Å²) in [6.07, 6.45) is 13.2. The quantitative estimate of drug-likeness (QED) is 0.710. The van der Waals surface area contributed by atoms with E-state index in [0.717, 1.165) is 43.9 Å². The van der Waals surface area contributed by atoms with Crippen molar-refractivity contribution in [2.45, 2.75) is 25.9 Å². The second kappa shape index (κ2) is 8.24. The molecule has 4 heterocycles. The van der Waals surface area contributed by atoms with Gasteiger partial charge in [-0.25, -0.2) is 9.97 Å². The second-order valence-electron chi connectivity index (χ2n) is 7.33. The molecule has 1 fully saturated rings. The van der Waals surface area contributed by atoms with Gasteiger partial charge in [-0.15, -0.1) is 0 Å². The summed E-state index contributed by atoms with van der Waals surface area (Å²) in [6.45, 7) is 3.13. The molecule has 1 aliphatic heterocycles. The molecule has 0 bridgehead atoms. The number of likely N-dealkylation sites (tertiary alicyclic amines) is 1. The number of piperidine rings is 1. The summed E-state index contributed by atoms with van der Waals surface area (Å²) in [5.41, 5.74) is 1.72. The first-order valence-corrected chi connectivity index (χ1v) is 9.60. The number of pyridine rings is 1. The van der Waals surface area contributed by atoms with Crippen molar-refractivity contribution in [2.75, 3.05) is 18.4 Å². The zero-order valence-corrected chi connectivity index (χ0v) is 16.0. The van der Waals surface area contributed by atoms with Crippen LogP contribution >= 0.6 is 0 Å². The SMILES string of the molecule is Cn1cc(CNc2ccc(C(=O)N3CCCC(Cn4ccnc4)C3)cn2)cn1. The number of carbonyl (C=O) groups excluding carboxylic acids is 1. The minimum atomic E-state index is 0.0571. The average Bonchev–Trinajstić information content (AvgIpc) is 3.38. The molecule has 1 amide bonds. The Hall–Kier alpha value is -3.16. The Morgan fingerprint density at radius 2 is 2.25 bits per heavy atom. The number of amides is 1. The lowest BCUT2D eigenvalue weighted by atomic mass is 9.97. The minimum absolute atomic E-state index is 0.0571. The first kappa shape index (κ1) is 18.2. The van der Waals surface area contributed by atoms with Gasteiger partial charge in [-0.3, -0.25) is 9.48 Å². The molecule has 1 unspecified atom stereocenters. The van der Waals surface area contributed by atoms with E-state index in [1.54, 1.807) is 17.1 Å². The number of aryl methyl sites for hydroxylation is 1. The van der Waals surface area contributed by atoms with Gasteiger partial charge < -0.3 is 14.8 Å². The van der Waals surface area contributed by atoms with Crippen LogP contribution in [0, 0.1) is 5.92 Å². The summed E-state index contributed by atoms with van der Waals surface area (Å²) in [4.78, 5) is 23.3. The maximum Gasteiger partial charge on any atom is 0.255 e. The summed E-state index contributed by atoms with van der Waals surface area (Å²) in [5.74, 6) is 1.26. The van der Waals surface area contributed by atoms with Crippen LogP contribution in [-0.4, -0.2) is 48.2 Å². The lowest BCUT2D eigenvalue weighted by Crippen LogP contribution is -2.41. The molecule has 3 aromatic heterocycles. The fraction of sp³-hybridized carbons (Fsp3) is 0.400. The molecule has 0 aromatic carbocycles. The van der Waals surface area contributed by atoms with E-state index in [4.69, 9.17) is 0 Å². The largest absolute Gasteiger partial charge is 0.366 e. The maximum atomic E-state index is 12.9. The van der Waals surface area contributed by atoms with Crippen LogP contribution in [0.4, 0.5) is 5.82 Å². The van der Waals surface area contributed by atoms with E-state index in [1.165, 1.54) is 0 Å². The van der Waals surface area contributed by atoms with Gasteiger partial charge in [0.25, 0.3) is 5.91 Å². The van der Waals surface area contributed by atoms with E-state index >= 15 is 0 Å². The van der Waals surface area contributed by atoms with Gasteiger partial charge in [-0.05, 0) is 30.9 Å². The van der Waals surface area contributed by atoms with E-state index in [1.807, 2.05) is 49.0 Å². The third-order valence-electron chi connectivity index (χ3n) is 5.08. The fourth-order valence-corrected chi connectivity index (χ4v) is 3.65. The molecule has 4 rings (SSSR count). The molecule has 0 aliphatic carbocycles.